The van der Waals surface area contributed by atoms with Gasteiger partial charge >= 0.3 is 0 Å². The van der Waals surface area contributed by atoms with Gasteiger partial charge in [-0.15, -0.1) is 0 Å². The Kier molecular flexibility index (Phi) is 5.32. The zero-order valence-electron chi connectivity index (χ0n) is 13.6. The quantitative estimate of drug-likeness (QED) is 0.922. The molecule has 23 heavy (non-hydrogen) atoms. The van der Waals surface area contributed by atoms with Crippen molar-refractivity contribution in [1.29, 1.82) is 5.26 Å². The van der Waals surface area contributed by atoms with E-state index in [1.165, 1.54) is 0 Å². The van der Waals surface area contributed by atoms with Gasteiger partial charge in [0.05, 0.1) is 6.07 Å². The Morgan fingerprint density at radius 1 is 1.26 bits per heavy atom. The van der Waals surface area contributed by atoms with Crippen LogP contribution in [0.5, 0.6) is 0 Å². The van der Waals surface area contributed by atoms with E-state index in [9.17, 15) is 10.1 Å². The number of aryl methyl sites for hydroxylation is 1. The van der Waals surface area contributed by atoms with Crippen LogP contribution >= 0.6 is 0 Å². The Hall–Kier alpha value is -2.87. The second-order valence-corrected chi connectivity index (χ2v) is 5.60. The van der Waals surface area contributed by atoms with Crippen molar-refractivity contribution in [3.05, 3.63) is 53.7 Å². The SMILES string of the molecule is Cc1cccc(NC(=O)C(C#N)Cc2ccc(N(C)C)cc2)n1. The zero-order chi connectivity index (χ0) is 16.8. The van der Waals surface area contributed by atoms with E-state index in [0.29, 0.717) is 12.2 Å². The number of pyridine rings is 1. The zero-order valence-corrected chi connectivity index (χ0v) is 13.6. The van der Waals surface area contributed by atoms with Crippen molar-refractivity contribution in [2.24, 2.45) is 5.92 Å². The van der Waals surface area contributed by atoms with Crippen molar-refractivity contribution in [3.63, 3.8) is 0 Å². The van der Waals surface area contributed by atoms with Crippen molar-refractivity contribution in [2.75, 3.05) is 24.3 Å². The Morgan fingerprint density at radius 2 is 1.96 bits per heavy atom. The van der Waals surface area contributed by atoms with Crippen LogP contribution in [0, 0.1) is 24.2 Å². The first-order chi connectivity index (χ1) is 11.0. The van der Waals surface area contributed by atoms with E-state index < -0.39 is 5.92 Å². The Morgan fingerprint density at radius 3 is 2.52 bits per heavy atom. The third kappa shape index (κ3) is 4.55. The molecule has 0 fully saturated rings. The third-order valence-electron chi connectivity index (χ3n) is 3.50. The summed E-state index contributed by atoms with van der Waals surface area (Å²) in [5, 5.41) is 12.0. The van der Waals surface area contributed by atoms with Gasteiger partial charge in [-0.25, -0.2) is 4.98 Å². The molecular formula is C18H20N4O. The van der Waals surface area contributed by atoms with Crippen LogP contribution in [0.25, 0.3) is 0 Å². The third-order valence-corrected chi connectivity index (χ3v) is 3.50. The maximum absolute atomic E-state index is 12.3. The Balaban J connectivity index is 2.04. The monoisotopic (exact) mass is 308 g/mol. The van der Waals surface area contributed by atoms with Crippen molar-refractivity contribution < 1.29 is 4.79 Å². The molecule has 0 spiro atoms. The van der Waals surface area contributed by atoms with Crippen molar-refractivity contribution >= 4 is 17.4 Å². The van der Waals surface area contributed by atoms with Gasteiger partial charge in [-0.3, -0.25) is 4.79 Å². The van der Waals surface area contributed by atoms with E-state index in [0.717, 1.165) is 16.9 Å². The summed E-state index contributed by atoms with van der Waals surface area (Å²) in [6.45, 7) is 1.85. The van der Waals surface area contributed by atoms with E-state index in [1.54, 1.807) is 6.07 Å². The number of aromatic nitrogens is 1. The molecule has 0 aliphatic heterocycles. The molecule has 0 radical (unpaired) electrons. The topological polar surface area (TPSA) is 69.0 Å². The van der Waals surface area contributed by atoms with Crippen molar-refractivity contribution in [1.82, 2.24) is 4.98 Å². The molecule has 0 aliphatic rings. The maximum Gasteiger partial charge on any atom is 0.243 e. The normalized spacial score (nSPS) is 11.4. The minimum Gasteiger partial charge on any atom is -0.378 e. The maximum atomic E-state index is 12.3. The molecule has 2 aromatic rings. The predicted molar refractivity (Wildman–Crippen MR) is 91.2 cm³/mol. The number of carbonyl (C=O) groups excluding carboxylic acids is 1. The first-order valence-corrected chi connectivity index (χ1v) is 7.40. The second kappa shape index (κ2) is 7.41. The van der Waals surface area contributed by atoms with E-state index >= 15 is 0 Å². The van der Waals surface area contributed by atoms with Gasteiger partial charge in [-0.05, 0) is 43.2 Å². The number of nitrogens with one attached hydrogen (secondary N) is 1. The molecule has 0 saturated carbocycles. The fraction of sp³-hybridized carbons (Fsp3) is 0.278. The molecular weight excluding hydrogens is 288 g/mol. The van der Waals surface area contributed by atoms with Crippen LogP contribution in [0.1, 0.15) is 11.3 Å². The Labute approximate surface area is 136 Å². The highest BCUT2D eigenvalue weighted by atomic mass is 16.1. The smallest absolute Gasteiger partial charge is 0.243 e. The molecule has 1 amide bonds. The van der Waals surface area contributed by atoms with Gasteiger partial charge in [0, 0.05) is 25.5 Å². The number of anilines is 2. The minimum absolute atomic E-state index is 0.331. The summed E-state index contributed by atoms with van der Waals surface area (Å²) in [4.78, 5) is 18.5. The summed E-state index contributed by atoms with van der Waals surface area (Å²) in [6, 6.07) is 15.3. The van der Waals surface area contributed by atoms with Gasteiger partial charge < -0.3 is 10.2 Å². The van der Waals surface area contributed by atoms with Crippen molar-refractivity contribution in [2.45, 2.75) is 13.3 Å². The fourth-order valence-electron chi connectivity index (χ4n) is 2.19. The molecule has 1 unspecified atom stereocenters. The molecule has 0 saturated heterocycles. The molecule has 5 heteroatoms. The highest BCUT2D eigenvalue weighted by Gasteiger charge is 2.19. The lowest BCUT2D eigenvalue weighted by Crippen LogP contribution is -2.24. The number of carbonyl (C=O) groups is 1. The number of nitriles is 1. The lowest BCUT2D eigenvalue weighted by atomic mass is 9.99. The first kappa shape index (κ1) is 16.5. The molecule has 1 aromatic carbocycles. The van der Waals surface area contributed by atoms with Crippen LogP contribution in [-0.2, 0) is 11.2 Å². The lowest BCUT2D eigenvalue weighted by Gasteiger charge is -2.14. The molecule has 1 heterocycles. The summed E-state index contributed by atoms with van der Waals surface area (Å²) in [7, 11) is 3.94. The highest BCUT2D eigenvalue weighted by Crippen LogP contribution is 2.16. The van der Waals surface area contributed by atoms with Gasteiger partial charge in [0.25, 0.3) is 0 Å². The van der Waals surface area contributed by atoms with Gasteiger partial charge in [0.2, 0.25) is 5.91 Å². The van der Waals surface area contributed by atoms with Crippen LogP contribution in [0.4, 0.5) is 11.5 Å². The predicted octanol–water partition coefficient (Wildman–Crippen LogP) is 2.78. The summed E-state index contributed by atoms with van der Waals surface area (Å²) in [5.74, 6) is -0.608. The molecule has 1 atom stereocenters. The Bertz CT molecular complexity index is 717. The summed E-state index contributed by atoms with van der Waals surface area (Å²) >= 11 is 0. The number of amides is 1. The van der Waals surface area contributed by atoms with Gasteiger partial charge in [0.1, 0.15) is 11.7 Å². The average Bonchev–Trinajstić information content (AvgIpc) is 2.53. The molecule has 0 bridgehead atoms. The number of hydrogen-bond donors (Lipinski definition) is 1. The van der Waals surface area contributed by atoms with Crippen LogP contribution in [0.2, 0.25) is 0 Å². The van der Waals surface area contributed by atoms with Gasteiger partial charge in [-0.1, -0.05) is 18.2 Å². The summed E-state index contributed by atoms with van der Waals surface area (Å²) in [6.07, 6.45) is 0.377. The molecule has 0 aliphatic carbocycles. The average molecular weight is 308 g/mol. The second-order valence-electron chi connectivity index (χ2n) is 5.60. The largest absolute Gasteiger partial charge is 0.378 e. The first-order valence-electron chi connectivity index (χ1n) is 7.40. The number of nitrogens with zero attached hydrogens (tertiary/aromatic N) is 3. The number of benzene rings is 1. The summed E-state index contributed by atoms with van der Waals surface area (Å²) in [5.41, 5.74) is 2.85. The number of rotatable bonds is 5. The van der Waals surface area contributed by atoms with Crippen LogP contribution < -0.4 is 10.2 Å². The van der Waals surface area contributed by atoms with E-state index in [4.69, 9.17) is 0 Å². The van der Waals surface area contributed by atoms with E-state index in [-0.39, 0.29) is 5.91 Å². The molecule has 5 nitrogen and oxygen atoms in total. The molecule has 1 aromatic heterocycles. The molecule has 2 rings (SSSR count). The number of hydrogen-bond acceptors (Lipinski definition) is 4. The molecule has 1 N–H and O–H groups in total. The van der Waals surface area contributed by atoms with Crippen LogP contribution in [-0.4, -0.2) is 25.0 Å². The van der Waals surface area contributed by atoms with Crippen LogP contribution in [0.15, 0.2) is 42.5 Å². The van der Waals surface area contributed by atoms with Crippen molar-refractivity contribution in [3.8, 4) is 6.07 Å². The molecule has 118 valence electrons. The minimum atomic E-state index is -0.748. The lowest BCUT2D eigenvalue weighted by molar-refractivity contribution is -0.118. The van der Waals surface area contributed by atoms with Crippen LogP contribution in [0.3, 0.4) is 0 Å². The highest BCUT2D eigenvalue weighted by molar-refractivity contribution is 5.93. The van der Waals surface area contributed by atoms with E-state index in [1.807, 2.05) is 62.3 Å². The van der Waals surface area contributed by atoms with E-state index in [2.05, 4.69) is 16.4 Å². The fourth-order valence-corrected chi connectivity index (χ4v) is 2.19. The van der Waals surface area contributed by atoms with Gasteiger partial charge in [-0.2, -0.15) is 5.26 Å². The van der Waals surface area contributed by atoms with Gasteiger partial charge in [0.15, 0.2) is 0 Å². The standard InChI is InChI=1S/C18H20N4O/c1-13-5-4-6-17(20-13)21-18(23)15(12-19)11-14-7-9-16(10-8-14)22(2)3/h4-10,15H,11H2,1-3H3,(H,20,21,23). The summed E-state index contributed by atoms with van der Waals surface area (Å²) < 4.78 is 0.